The first kappa shape index (κ1) is 14.0. The Morgan fingerprint density at radius 1 is 1.05 bits per heavy atom. The number of hydrogen-bond donors (Lipinski definition) is 1. The molecule has 0 saturated carbocycles. The largest absolute Gasteiger partial charge is 0.487 e. The predicted molar refractivity (Wildman–Crippen MR) is 71.1 cm³/mol. The quantitative estimate of drug-likeness (QED) is 0.872. The first-order valence-corrected chi connectivity index (χ1v) is 5.95. The minimum atomic E-state index is -0.450. The lowest BCUT2D eigenvalue weighted by molar-refractivity contribution is 0.303. The van der Waals surface area contributed by atoms with Gasteiger partial charge in [-0.1, -0.05) is 24.0 Å². The van der Waals surface area contributed by atoms with E-state index in [9.17, 15) is 8.78 Å². The molecule has 102 valence electrons. The highest BCUT2D eigenvalue weighted by Crippen LogP contribution is 2.20. The van der Waals surface area contributed by atoms with Crippen LogP contribution >= 0.6 is 0 Å². The van der Waals surface area contributed by atoms with Crippen LogP contribution in [0.3, 0.4) is 0 Å². The molecule has 0 aromatic heterocycles. The van der Waals surface area contributed by atoms with Gasteiger partial charge in [0.25, 0.3) is 0 Å². The average Bonchev–Trinajstić information content (AvgIpc) is 2.44. The van der Waals surface area contributed by atoms with Gasteiger partial charge in [-0.15, -0.1) is 0 Å². The zero-order chi connectivity index (χ0) is 14.4. The molecule has 0 bridgehead atoms. The van der Waals surface area contributed by atoms with Crippen LogP contribution < -0.4 is 4.74 Å². The minimum absolute atomic E-state index is 0.106. The summed E-state index contributed by atoms with van der Waals surface area (Å²) >= 11 is 0. The molecular formula is C16H12F2O2. The van der Waals surface area contributed by atoms with E-state index >= 15 is 0 Å². The van der Waals surface area contributed by atoms with Crippen LogP contribution in [0.2, 0.25) is 0 Å². The average molecular weight is 274 g/mol. The third-order valence-corrected chi connectivity index (χ3v) is 2.53. The van der Waals surface area contributed by atoms with E-state index in [0.29, 0.717) is 11.1 Å². The number of ether oxygens (including phenoxy) is 1. The third kappa shape index (κ3) is 3.81. The Morgan fingerprint density at radius 3 is 2.60 bits per heavy atom. The summed E-state index contributed by atoms with van der Waals surface area (Å²) in [5, 5.41) is 8.68. The van der Waals surface area contributed by atoms with E-state index in [-0.39, 0.29) is 24.8 Å². The second-order valence-electron chi connectivity index (χ2n) is 4.02. The van der Waals surface area contributed by atoms with Crippen molar-refractivity contribution >= 4 is 0 Å². The minimum Gasteiger partial charge on any atom is -0.487 e. The summed E-state index contributed by atoms with van der Waals surface area (Å²) < 4.78 is 31.7. The molecule has 0 aliphatic rings. The number of halogens is 2. The van der Waals surface area contributed by atoms with E-state index in [4.69, 9.17) is 9.84 Å². The number of benzene rings is 2. The normalized spacial score (nSPS) is 9.75. The van der Waals surface area contributed by atoms with Gasteiger partial charge in [0.05, 0.1) is 5.56 Å². The Hall–Kier alpha value is -2.38. The standard InChI is InChI=1S/C16H12F2O2/c17-14-5-1-3-12(9-14)11-20-16-10-15(18)7-6-13(16)4-2-8-19/h1,3,5-7,9-10,19H,8,11H2. The molecular weight excluding hydrogens is 262 g/mol. The molecule has 0 heterocycles. The van der Waals surface area contributed by atoms with Crippen molar-refractivity contribution < 1.29 is 18.6 Å². The fourth-order valence-electron chi connectivity index (χ4n) is 1.64. The van der Waals surface area contributed by atoms with Crippen molar-refractivity contribution in [2.45, 2.75) is 6.61 Å². The van der Waals surface area contributed by atoms with Crippen molar-refractivity contribution in [1.29, 1.82) is 0 Å². The second-order valence-corrected chi connectivity index (χ2v) is 4.02. The summed E-state index contributed by atoms with van der Waals surface area (Å²) in [4.78, 5) is 0. The molecule has 0 aliphatic heterocycles. The van der Waals surface area contributed by atoms with Gasteiger partial charge in [-0.05, 0) is 29.8 Å². The van der Waals surface area contributed by atoms with E-state index in [0.717, 1.165) is 0 Å². The molecule has 2 aromatic rings. The lowest BCUT2D eigenvalue weighted by atomic mass is 10.2. The van der Waals surface area contributed by atoms with Gasteiger partial charge in [0.1, 0.15) is 30.6 Å². The Balaban J connectivity index is 2.17. The van der Waals surface area contributed by atoms with Gasteiger partial charge >= 0.3 is 0 Å². The first-order chi connectivity index (χ1) is 9.69. The monoisotopic (exact) mass is 274 g/mol. The van der Waals surface area contributed by atoms with Crippen LogP contribution in [0.4, 0.5) is 8.78 Å². The van der Waals surface area contributed by atoms with Crippen molar-refractivity contribution in [3.63, 3.8) is 0 Å². The lowest BCUT2D eigenvalue weighted by Crippen LogP contribution is -1.98. The Bertz CT molecular complexity index is 657. The van der Waals surface area contributed by atoms with Crippen LogP contribution in [0.1, 0.15) is 11.1 Å². The van der Waals surface area contributed by atoms with E-state index in [1.54, 1.807) is 12.1 Å². The van der Waals surface area contributed by atoms with Crippen molar-refractivity contribution in [1.82, 2.24) is 0 Å². The molecule has 0 saturated heterocycles. The van der Waals surface area contributed by atoms with Gasteiger partial charge in [-0.3, -0.25) is 0 Å². The zero-order valence-corrected chi connectivity index (χ0v) is 10.6. The molecule has 1 N–H and O–H groups in total. The van der Waals surface area contributed by atoms with Gasteiger partial charge in [0.15, 0.2) is 0 Å². The van der Waals surface area contributed by atoms with Crippen LogP contribution in [-0.2, 0) is 6.61 Å². The van der Waals surface area contributed by atoms with Gasteiger partial charge in [0.2, 0.25) is 0 Å². The van der Waals surface area contributed by atoms with Crippen LogP contribution in [0.5, 0.6) is 5.75 Å². The maximum atomic E-state index is 13.2. The number of aliphatic hydroxyl groups excluding tert-OH is 1. The van der Waals surface area contributed by atoms with Crippen LogP contribution in [0, 0.1) is 23.5 Å². The van der Waals surface area contributed by atoms with E-state index < -0.39 is 5.82 Å². The van der Waals surface area contributed by atoms with Gasteiger partial charge < -0.3 is 9.84 Å². The molecule has 2 aromatic carbocycles. The summed E-state index contributed by atoms with van der Waals surface area (Å²) in [6, 6.07) is 9.91. The molecule has 0 fully saturated rings. The summed E-state index contributed by atoms with van der Waals surface area (Å²) in [5.74, 6) is 4.60. The van der Waals surface area contributed by atoms with Crippen molar-refractivity contribution in [3.8, 4) is 17.6 Å². The molecule has 0 spiro atoms. The zero-order valence-electron chi connectivity index (χ0n) is 10.6. The fourth-order valence-corrected chi connectivity index (χ4v) is 1.64. The highest BCUT2D eigenvalue weighted by atomic mass is 19.1. The smallest absolute Gasteiger partial charge is 0.138 e. The molecule has 0 radical (unpaired) electrons. The van der Waals surface area contributed by atoms with E-state index in [1.807, 2.05) is 0 Å². The Kier molecular flexibility index (Phi) is 4.70. The van der Waals surface area contributed by atoms with E-state index in [1.165, 1.54) is 30.3 Å². The third-order valence-electron chi connectivity index (χ3n) is 2.53. The van der Waals surface area contributed by atoms with Crippen LogP contribution in [0.25, 0.3) is 0 Å². The summed E-state index contributed by atoms with van der Waals surface area (Å²) in [6.45, 7) is -0.185. The van der Waals surface area contributed by atoms with Crippen LogP contribution in [-0.4, -0.2) is 11.7 Å². The van der Waals surface area contributed by atoms with E-state index in [2.05, 4.69) is 11.8 Å². The maximum Gasteiger partial charge on any atom is 0.138 e. The summed E-state index contributed by atoms with van der Waals surface area (Å²) in [7, 11) is 0. The Morgan fingerprint density at radius 2 is 1.85 bits per heavy atom. The topological polar surface area (TPSA) is 29.5 Å². The highest BCUT2D eigenvalue weighted by molar-refractivity contribution is 5.46. The number of rotatable bonds is 3. The van der Waals surface area contributed by atoms with Crippen LogP contribution in [0.15, 0.2) is 42.5 Å². The summed E-state index contributed by atoms with van der Waals surface area (Å²) in [5.41, 5.74) is 1.10. The molecule has 2 rings (SSSR count). The van der Waals surface area contributed by atoms with Gasteiger partial charge in [0, 0.05) is 6.07 Å². The molecule has 0 aliphatic carbocycles. The predicted octanol–water partition coefficient (Wildman–Crippen LogP) is 2.89. The van der Waals surface area contributed by atoms with Gasteiger partial charge in [-0.2, -0.15) is 0 Å². The molecule has 0 atom stereocenters. The highest BCUT2D eigenvalue weighted by Gasteiger charge is 2.04. The number of aliphatic hydroxyl groups is 1. The molecule has 0 unspecified atom stereocenters. The second kappa shape index (κ2) is 6.69. The number of hydrogen-bond acceptors (Lipinski definition) is 2. The fraction of sp³-hybridized carbons (Fsp3) is 0.125. The SMILES string of the molecule is OCC#Cc1ccc(F)cc1OCc1cccc(F)c1. The lowest BCUT2D eigenvalue weighted by Gasteiger charge is -2.08. The van der Waals surface area contributed by atoms with Crippen molar-refractivity contribution in [2.24, 2.45) is 0 Å². The molecule has 4 heteroatoms. The first-order valence-electron chi connectivity index (χ1n) is 5.95. The summed E-state index contributed by atoms with van der Waals surface area (Å²) in [6.07, 6.45) is 0. The van der Waals surface area contributed by atoms with Gasteiger partial charge in [-0.25, -0.2) is 8.78 Å². The van der Waals surface area contributed by atoms with Crippen molar-refractivity contribution in [2.75, 3.05) is 6.61 Å². The molecule has 0 amide bonds. The molecule has 20 heavy (non-hydrogen) atoms. The molecule has 2 nitrogen and oxygen atoms in total. The Labute approximate surface area is 115 Å². The van der Waals surface area contributed by atoms with Crippen molar-refractivity contribution in [3.05, 3.63) is 65.2 Å². The maximum absolute atomic E-state index is 13.2.